The van der Waals surface area contributed by atoms with Crippen molar-refractivity contribution in [2.75, 3.05) is 29.3 Å². The normalized spacial score (nSPS) is 11.1. The summed E-state index contributed by atoms with van der Waals surface area (Å²) in [5, 5.41) is 8.01. The third kappa shape index (κ3) is 4.35. The van der Waals surface area contributed by atoms with Gasteiger partial charge in [-0.2, -0.15) is 0 Å². The summed E-state index contributed by atoms with van der Waals surface area (Å²) < 4.78 is 32.5. The van der Waals surface area contributed by atoms with E-state index in [1.807, 2.05) is 25.7 Å². The van der Waals surface area contributed by atoms with Gasteiger partial charge in [0.1, 0.15) is 5.75 Å². The van der Waals surface area contributed by atoms with Crippen LogP contribution in [0.15, 0.2) is 41.3 Å². The van der Waals surface area contributed by atoms with Crippen molar-refractivity contribution in [3.8, 4) is 5.75 Å². The highest BCUT2D eigenvalue weighted by atomic mass is 32.2. The van der Waals surface area contributed by atoms with Crippen molar-refractivity contribution in [3.63, 3.8) is 0 Å². The monoisotopic (exact) mass is 350 g/mol. The average Bonchev–Trinajstić information content (AvgIpc) is 2.58. The molecule has 0 radical (unpaired) electrons. The van der Waals surface area contributed by atoms with E-state index in [2.05, 4.69) is 14.9 Å². The minimum atomic E-state index is -3.71. The van der Waals surface area contributed by atoms with Crippen LogP contribution in [0.25, 0.3) is 0 Å². The molecule has 0 aliphatic carbocycles. The molecule has 0 unspecified atom stereocenters. The van der Waals surface area contributed by atoms with Crippen LogP contribution in [-0.4, -0.2) is 38.3 Å². The summed E-state index contributed by atoms with van der Waals surface area (Å²) in [4.78, 5) is 2.16. The van der Waals surface area contributed by atoms with Gasteiger partial charge in [0, 0.05) is 13.1 Å². The van der Waals surface area contributed by atoms with Crippen LogP contribution in [0.1, 0.15) is 20.8 Å². The molecule has 1 N–H and O–H groups in total. The van der Waals surface area contributed by atoms with Gasteiger partial charge in [-0.1, -0.05) is 0 Å². The fourth-order valence-electron chi connectivity index (χ4n) is 2.17. The number of hydrogen-bond donors (Lipinski definition) is 1. The van der Waals surface area contributed by atoms with Gasteiger partial charge in [-0.25, -0.2) is 8.42 Å². The highest BCUT2D eigenvalue weighted by molar-refractivity contribution is 7.92. The fraction of sp³-hybridized carbons (Fsp3) is 0.375. The third-order valence-electron chi connectivity index (χ3n) is 3.42. The van der Waals surface area contributed by atoms with Crippen molar-refractivity contribution in [1.82, 2.24) is 10.2 Å². The van der Waals surface area contributed by atoms with Crippen molar-refractivity contribution >= 4 is 21.7 Å². The maximum Gasteiger partial charge on any atom is 0.263 e. The van der Waals surface area contributed by atoms with Crippen molar-refractivity contribution in [3.05, 3.63) is 36.4 Å². The number of nitrogens with zero attached hydrogens (tertiary/aromatic N) is 3. The largest absolute Gasteiger partial charge is 0.494 e. The van der Waals surface area contributed by atoms with Crippen molar-refractivity contribution in [2.24, 2.45) is 0 Å². The molecule has 1 aromatic heterocycles. The van der Waals surface area contributed by atoms with E-state index < -0.39 is 10.0 Å². The molecule has 0 atom stereocenters. The molecule has 0 amide bonds. The topological polar surface area (TPSA) is 84.4 Å². The molecule has 130 valence electrons. The molecule has 24 heavy (non-hydrogen) atoms. The lowest BCUT2D eigenvalue weighted by Crippen LogP contribution is -2.23. The Bertz CT molecular complexity index is 742. The second kappa shape index (κ2) is 7.96. The number of aromatic nitrogens is 2. The van der Waals surface area contributed by atoms with Crippen LogP contribution in [0, 0.1) is 0 Å². The van der Waals surface area contributed by atoms with Crippen LogP contribution in [0.2, 0.25) is 0 Å². The first-order chi connectivity index (χ1) is 11.5. The van der Waals surface area contributed by atoms with E-state index in [1.165, 1.54) is 12.1 Å². The molecule has 7 nitrogen and oxygen atoms in total. The first-order valence-corrected chi connectivity index (χ1v) is 9.32. The first-order valence-electron chi connectivity index (χ1n) is 7.84. The van der Waals surface area contributed by atoms with E-state index in [0.29, 0.717) is 18.2 Å². The van der Waals surface area contributed by atoms with Gasteiger partial charge in [0.2, 0.25) is 0 Å². The molecule has 0 saturated carbocycles. The summed E-state index contributed by atoms with van der Waals surface area (Å²) in [5.74, 6) is 1.52. The summed E-state index contributed by atoms with van der Waals surface area (Å²) in [5.41, 5.74) is 0. The predicted octanol–water partition coefficient (Wildman–Crippen LogP) is 2.52. The summed E-state index contributed by atoms with van der Waals surface area (Å²) in [7, 11) is -3.71. The molecule has 0 saturated heterocycles. The van der Waals surface area contributed by atoms with Gasteiger partial charge in [0.05, 0.1) is 11.5 Å². The number of nitrogens with one attached hydrogen (secondary N) is 1. The molecule has 2 aromatic rings. The number of rotatable bonds is 8. The smallest absolute Gasteiger partial charge is 0.263 e. The van der Waals surface area contributed by atoms with E-state index in [1.54, 1.807) is 24.3 Å². The number of benzene rings is 1. The number of anilines is 2. The summed E-state index contributed by atoms with van der Waals surface area (Å²) >= 11 is 0. The van der Waals surface area contributed by atoms with Crippen LogP contribution >= 0.6 is 0 Å². The quantitative estimate of drug-likeness (QED) is 0.787. The van der Waals surface area contributed by atoms with Crippen LogP contribution in [0.3, 0.4) is 0 Å². The standard InChI is InChI=1S/C16H22N4O3S/c1-4-20(5-2)16-12-11-15(17-18-16)19-24(21,22)14-9-7-13(8-10-14)23-6-3/h7-12H,4-6H2,1-3H3,(H,17,19). The Morgan fingerprint density at radius 1 is 1.00 bits per heavy atom. The van der Waals surface area contributed by atoms with E-state index in [0.717, 1.165) is 13.1 Å². The van der Waals surface area contributed by atoms with Gasteiger partial charge in [-0.3, -0.25) is 4.72 Å². The Kier molecular flexibility index (Phi) is 5.97. The van der Waals surface area contributed by atoms with Crippen LogP contribution in [0.4, 0.5) is 11.6 Å². The Morgan fingerprint density at radius 2 is 1.67 bits per heavy atom. The third-order valence-corrected chi connectivity index (χ3v) is 4.79. The highest BCUT2D eigenvalue weighted by Crippen LogP contribution is 2.19. The van der Waals surface area contributed by atoms with Gasteiger partial charge in [-0.05, 0) is 57.2 Å². The van der Waals surface area contributed by atoms with Crippen molar-refractivity contribution < 1.29 is 13.2 Å². The lowest BCUT2D eigenvalue weighted by molar-refractivity contribution is 0.340. The molecular weight excluding hydrogens is 328 g/mol. The highest BCUT2D eigenvalue weighted by Gasteiger charge is 2.15. The lowest BCUT2D eigenvalue weighted by atomic mass is 10.3. The SMILES string of the molecule is CCOc1ccc(S(=O)(=O)Nc2ccc(N(CC)CC)nn2)cc1. The van der Waals surface area contributed by atoms with Gasteiger partial charge in [-0.15, -0.1) is 10.2 Å². The van der Waals surface area contributed by atoms with E-state index in [-0.39, 0.29) is 10.7 Å². The van der Waals surface area contributed by atoms with Crippen LogP contribution < -0.4 is 14.4 Å². The molecule has 8 heteroatoms. The van der Waals surface area contributed by atoms with E-state index in [9.17, 15) is 8.42 Å². The fourth-order valence-corrected chi connectivity index (χ4v) is 3.17. The van der Waals surface area contributed by atoms with Crippen LogP contribution in [0.5, 0.6) is 5.75 Å². The summed E-state index contributed by atoms with van der Waals surface area (Å²) in [6.07, 6.45) is 0. The van der Waals surface area contributed by atoms with E-state index >= 15 is 0 Å². The molecule has 2 rings (SSSR count). The van der Waals surface area contributed by atoms with Crippen LogP contribution in [-0.2, 0) is 10.0 Å². The van der Waals surface area contributed by atoms with E-state index in [4.69, 9.17) is 4.74 Å². The second-order valence-electron chi connectivity index (χ2n) is 4.96. The zero-order valence-corrected chi connectivity index (χ0v) is 14.9. The van der Waals surface area contributed by atoms with Gasteiger partial charge in [0.15, 0.2) is 11.6 Å². The molecule has 1 heterocycles. The maximum atomic E-state index is 12.4. The first kappa shape index (κ1) is 18.0. The Balaban J connectivity index is 2.13. The maximum absolute atomic E-state index is 12.4. The zero-order valence-electron chi connectivity index (χ0n) is 14.1. The Hall–Kier alpha value is -2.35. The van der Waals surface area contributed by atoms with Crippen molar-refractivity contribution in [1.29, 1.82) is 0 Å². The van der Waals surface area contributed by atoms with Gasteiger partial charge < -0.3 is 9.64 Å². The van der Waals surface area contributed by atoms with Gasteiger partial charge in [0.25, 0.3) is 10.0 Å². The minimum absolute atomic E-state index is 0.139. The molecule has 0 aliphatic rings. The summed E-state index contributed by atoms with van der Waals surface area (Å²) in [6.45, 7) is 8.05. The Morgan fingerprint density at radius 3 is 2.17 bits per heavy atom. The minimum Gasteiger partial charge on any atom is -0.494 e. The average molecular weight is 350 g/mol. The molecule has 1 aromatic carbocycles. The lowest BCUT2D eigenvalue weighted by Gasteiger charge is -2.18. The summed E-state index contributed by atoms with van der Waals surface area (Å²) in [6, 6.07) is 9.57. The molecular formula is C16H22N4O3S. The molecule has 0 spiro atoms. The predicted molar refractivity (Wildman–Crippen MR) is 94.0 cm³/mol. The number of sulfonamides is 1. The van der Waals surface area contributed by atoms with Gasteiger partial charge >= 0.3 is 0 Å². The number of hydrogen-bond acceptors (Lipinski definition) is 6. The van der Waals surface area contributed by atoms with Crippen molar-refractivity contribution in [2.45, 2.75) is 25.7 Å². The number of ether oxygens (including phenoxy) is 1. The zero-order chi connectivity index (χ0) is 17.6. The molecule has 0 aliphatic heterocycles. The second-order valence-corrected chi connectivity index (χ2v) is 6.64. The molecule has 0 bridgehead atoms. The Labute approximate surface area is 142 Å². The molecule has 0 fully saturated rings.